The van der Waals surface area contributed by atoms with E-state index < -0.39 is 0 Å². The van der Waals surface area contributed by atoms with Gasteiger partial charge in [0.25, 0.3) is 0 Å². The minimum absolute atomic E-state index is 0.217. The molecule has 1 saturated heterocycles. The minimum Gasteiger partial charge on any atom is -0.353 e. The Kier molecular flexibility index (Phi) is 3.07. The maximum atomic E-state index is 12.2. The zero-order chi connectivity index (χ0) is 17.0. The number of carbonyl (C=O) groups is 1. The van der Waals surface area contributed by atoms with E-state index in [-0.39, 0.29) is 11.9 Å². The predicted molar refractivity (Wildman–Crippen MR) is 100 cm³/mol. The van der Waals surface area contributed by atoms with Gasteiger partial charge >= 0.3 is 0 Å². The number of nitrogens with zero attached hydrogens (tertiary/aromatic N) is 2. The van der Waals surface area contributed by atoms with Crippen LogP contribution in [0.25, 0.3) is 10.9 Å². The third kappa shape index (κ3) is 2.21. The van der Waals surface area contributed by atoms with Crippen molar-refractivity contribution in [2.75, 3.05) is 4.90 Å². The Morgan fingerprint density at radius 1 is 1.16 bits per heavy atom. The van der Waals surface area contributed by atoms with E-state index in [2.05, 4.69) is 48.3 Å². The SMILES string of the molecule is C[C@@H]1CCC(=O)N1c1ccc2c(c1)C(c1cc3ccccc3[nH]1)=NC2. The summed E-state index contributed by atoms with van der Waals surface area (Å²) in [5.41, 5.74) is 6.49. The van der Waals surface area contributed by atoms with Gasteiger partial charge in [-0.2, -0.15) is 0 Å². The molecular weight excluding hydrogens is 310 g/mol. The Hall–Kier alpha value is -2.88. The van der Waals surface area contributed by atoms with Crippen molar-refractivity contribution in [2.45, 2.75) is 32.4 Å². The van der Waals surface area contributed by atoms with Gasteiger partial charge in [-0.25, -0.2) is 0 Å². The molecule has 0 saturated carbocycles. The van der Waals surface area contributed by atoms with E-state index in [0.717, 1.165) is 34.6 Å². The second kappa shape index (κ2) is 5.31. The largest absolute Gasteiger partial charge is 0.353 e. The molecule has 4 nitrogen and oxygen atoms in total. The van der Waals surface area contributed by atoms with Crippen LogP contribution in [0.4, 0.5) is 5.69 Å². The summed E-state index contributed by atoms with van der Waals surface area (Å²) in [6.45, 7) is 2.81. The summed E-state index contributed by atoms with van der Waals surface area (Å²) in [5.74, 6) is 0.217. The number of para-hydroxylation sites is 1. The Balaban J connectivity index is 1.58. The van der Waals surface area contributed by atoms with Gasteiger partial charge in [-0.3, -0.25) is 9.79 Å². The van der Waals surface area contributed by atoms with E-state index in [0.29, 0.717) is 13.0 Å². The average molecular weight is 329 g/mol. The van der Waals surface area contributed by atoms with Crippen LogP contribution in [0.15, 0.2) is 53.5 Å². The first-order valence-corrected chi connectivity index (χ1v) is 8.78. The van der Waals surface area contributed by atoms with Gasteiger partial charge in [-0.15, -0.1) is 0 Å². The van der Waals surface area contributed by atoms with E-state index in [1.165, 1.54) is 10.9 Å². The monoisotopic (exact) mass is 329 g/mol. The van der Waals surface area contributed by atoms with Crippen molar-refractivity contribution in [3.63, 3.8) is 0 Å². The van der Waals surface area contributed by atoms with Gasteiger partial charge in [0.1, 0.15) is 0 Å². The van der Waals surface area contributed by atoms with Gasteiger partial charge in [0.2, 0.25) is 5.91 Å². The van der Waals surface area contributed by atoms with Gasteiger partial charge < -0.3 is 9.88 Å². The molecule has 0 aliphatic carbocycles. The maximum absolute atomic E-state index is 12.2. The number of carbonyl (C=O) groups excluding carboxylic acids is 1. The predicted octanol–water partition coefficient (Wildman–Crippen LogP) is 4.03. The van der Waals surface area contributed by atoms with Crippen molar-refractivity contribution in [2.24, 2.45) is 4.99 Å². The molecule has 0 unspecified atom stereocenters. The van der Waals surface area contributed by atoms with Crippen LogP contribution in [0, 0.1) is 0 Å². The molecule has 1 N–H and O–H groups in total. The maximum Gasteiger partial charge on any atom is 0.227 e. The summed E-state index contributed by atoms with van der Waals surface area (Å²) < 4.78 is 0. The fourth-order valence-electron chi connectivity index (χ4n) is 3.98. The number of aromatic amines is 1. The zero-order valence-corrected chi connectivity index (χ0v) is 14.1. The van der Waals surface area contributed by atoms with Crippen molar-refractivity contribution in [1.82, 2.24) is 4.98 Å². The van der Waals surface area contributed by atoms with Gasteiger partial charge in [0.15, 0.2) is 0 Å². The molecular formula is C21H19N3O. The second-order valence-corrected chi connectivity index (χ2v) is 6.93. The van der Waals surface area contributed by atoms with Crippen molar-refractivity contribution < 1.29 is 4.79 Å². The summed E-state index contributed by atoms with van der Waals surface area (Å²) in [6.07, 6.45) is 1.57. The van der Waals surface area contributed by atoms with Crippen molar-refractivity contribution in [3.8, 4) is 0 Å². The molecule has 1 atom stereocenters. The number of aromatic nitrogens is 1. The molecule has 3 aromatic rings. The lowest BCUT2D eigenvalue weighted by Gasteiger charge is -2.22. The fourth-order valence-corrected chi connectivity index (χ4v) is 3.98. The highest BCUT2D eigenvalue weighted by Crippen LogP contribution is 2.32. The number of anilines is 1. The number of rotatable bonds is 2. The Bertz CT molecular complexity index is 998. The van der Waals surface area contributed by atoms with Crippen LogP contribution in [-0.2, 0) is 11.3 Å². The van der Waals surface area contributed by atoms with Crippen LogP contribution in [0.1, 0.15) is 36.6 Å². The van der Waals surface area contributed by atoms with Crippen LogP contribution in [-0.4, -0.2) is 22.6 Å². The van der Waals surface area contributed by atoms with Gasteiger partial charge in [-0.05, 0) is 43.2 Å². The lowest BCUT2D eigenvalue weighted by atomic mass is 10.0. The molecule has 3 heterocycles. The quantitative estimate of drug-likeness (QED) is 0.758. The molecule has 2 aliphatic heterocycles. The van der Waals surface area contributed by atoms with E-state index in [9.17, 15) is 4.79 Å². The summed E-state index contributed by atoms with van der Waals surface area (Å²) in [5, 5.41) is 1.19. The number of nitrogens with one attached hydrogen (secondary N) is 1. The average Bonchev–Trinajstić information content (AvgIpc) is 3.30. The van der Waals surface area contributed by atoms with E-state index in [1.54, 1.807) is 0 Å². The molecule has 0 spiro atoms. The third-order valence-corrected chi connectivity index (χ3v) is 5.30. The standard InChI is InChI=1S/C21H19N3O/c1-13-6-9-20(25)24(13)16-8-7-15-12-22-21(17(15)11-16)19-10-14-4-2-3-5-18(14)23-19/h2-5,7-8,10-11,13,23H,6,9,12H2,1H3/t13-/m1/s1. The zero-order valence-electron chi connectivity index (χ0n) is 14.1. The second-order valence-electron chi connectivity index (χ2n) is 6.93. The number of hydrogen-bond acceptors (Lipinski definition) is 2. The number of H-pyrrole nitrogens is 1. The Morgan fingerprint density at radius 3 is 2.84 bits per heavy atom. The normalized spacial score (nSPS) is 19.6. The molecule has 5 rings (SSSR count). The van der Waals surface area contributed by atoms with Gasteiger partial charge in [-0.1, -0.05) is 24.3 Å². The van der Waals surface area contributed by atoms with Gasteiger partial charge in [0.05, 0.1) is 18.0 Å². The van der Waals surface area contributed by atoms with Crippen LogP contribution in [0.3, 0.4) is 0 Å². The lowest BCUT2D eigenvalue weighted by Crippen LogP contribution is -2.30. The first-order chi connectivity index (χ1) is 12.2. The Labute approximate surface area is 146 Å². The van der Waals surface area contributed by atoms with Crippen molar-refractivity contribution in [3.05, 3.63) is 65.4 Å². The third-order valence-electron chi connectivity index (χ3n) is 5.30. The summed E-state index contributed by atoms with van der Waals surface area (Å²) in [6, 6.07) is 17.0. The first-order valence-electron chi connectivity index (χ1n) is 8.78. The minimum atomic E-state index is 0.217. The molecule has 25 heavy (non-hydrogen) atoms. The molecule has 0 bridgehead atoms. The van der Waals surface area contributed by atoms with Gasteiger partial charge in [0, 0.05) is 34.6 Å². The van der Waals surface area contributed by atoms with E-state index >= 15 is 0 Å². The Morgan fingerprint density at radius 2 is 2.04 bits per heavy atom. The molecule has 1 aromatic heterocycles. The molecule has 0 radical (unpaired) electrons. The highest BCUT2D eigenvalue weighted by atomic mass is 16.2. The van der Waals surface area contributed by atoms with Crippen LogP contribution in [0.5, 0.6) is 0 Å². The van der Waals surface area contributed by atoms with Crippen molar-refractivity contribution in [1.29, 1.82) is 0 Å². The number of aliphatic imine (C=N–C) groups is 1. The first kappa shape index (κ1) is 14.5. The van der Waals surface area contributed by atoms with Crippen LogP contribution < -0.4 is 4.90 Å². The molecule has 124 valence electrons. The summed E-state index contributed by atoms with van der Waals surface area (Å²) >= 11 is 0. The highest BCUT2D eigenvalue weighted by Gasteiger charge is 2.30. The van der Waals surface area contributed by atoms with Crippen LogP contribution >= 0.6 is 0 Å². The molecule has 2 aromatic carbocycles. The van der Waals surface area contributed by atoms with E-state index in [1.807, 2.05) is 17.0 Å². The molecule has 1 amide bonds. The lowest BCUT2D eigenvalue weighted by molar-refractivity contribution is -0.117. The number of fused-ring (bicyclic) bond motifs is 2. The fraction of sp³-hybridized carbons (Fsp3) is 0.238. The number of amides is 1. The summed E-state index contributed by atoms with van der Waals surface area (Å²) in [4.78, 5) is 22.4. The van der Waals surface area contributed by atoms with E-state index in [4.69, 9.17) is 4.99 Å². The molecule has 2 aliphatic rings. The number of hydrogen-bond donors (Lipinski definition) is 1. The van der Waals surface area contributed by atoms with Crippen molar-refractivity contribution >= 4 is 28.2 Å². The highest BCUT2D eigenvalue weighted by molar-refractivity contribution is 6.16. The summed E-state index contributed by atoms with van der Waals surface area (Å²) in [7, 11) is 0. The smallest absolute Gasteiger partial charge is 0.227 e. The van der Waals surface area contributed by atoms with Crippen LogP contribution in [0.2, 0.25) is 0 Å². The molecule has 4 heteroatoms. The molecule has 1 fully saturated rings. The number of benzene rings is 2. The topological polar surface area (TPSA) is 48.5 Å².